The predicted molar refractivity (Wildman–Crippen MR) is 104 cm³/mol. The van der Waals surface area contributed by atoms with E-state index in [1.807, 2.05) is 13.8 Å². The molecule has 0 spiro atoms. The Kier molecular flexibility index (Phi) is 6.09. The fourth-order valence-corrected chi connectivity index (χ4v) is 3.90. The van der Waals surface area contributed by atoms with Gasteiger partial charge in [0, 0.05) is 6.54 Å². The molecule has 1 aromatic rings. The van der Waals surface area contributed by atoms with E-state index in [4.69, 9.17) is 0 Å². The summed E-state index contributed by atoms with van der Waals surface area (Å²) < 4.78 is 0. The molecule has 0 bridgehead atoms. The van der Waals surface area contributed by atoms with Crippen LogP contribution in [0.4, 0.5) is 0 Å². The maximum atomic E-state index is 12.9. The summed E-state index contributed by atoms with van der Waals surface area (Å²) in [5.74, 6) is -1.09. The Hall–Kier alpha value is -2.43. The van der Waals surface area contributed by atoms with Crippen LogP contribution in [-0.4, -0.2) is 35.2 Å². The molecular weight excluding hydrogens is 340 g/mol. The van der Waals surface area contributed by atoms with Gasteiger partial charge in [0.05, 0.1) is 11.1 Å². The lowest BCUT2D eigenvalue weighted by molar-refractivity contribution is -0.126. The summed E-state index contributed by atoms with van der Waals surface area (Å²) in [5, 5.41) is 2.96. The summed E-state index contributed by atoms with van der Waals surface area (Å²) in [6.07, 6.45) is 8.48. The number of amides is 3. The largest absolute Gasteiger partial charge is 0.354 e. The third-order valence-electron chi connectivity index (χ3n) is 5.69. The molecule has 2 aliphatic rings. The Labute approximate surface area is 160 Å². The van der Waals surface area contributed by atoms with E-state index in [9.17, 15) is 14.4 Å². The first kappa shape index (κ1) is 19.3. The van der Waals surface area contributed by atoms with Gasteiger partial charge in [0.2, 0.25) is 5.91 Å². The van der Waals surface area contributed by atoms with Crippen molar-refractivity contribution in [1.29, 1.82) is 0 Å². The minimum absolute atomic E-state index is 0.110. The van der Waals surface area contributed by atoms with Gasteiger partial charge in [0.15, 0.2) is 0 Å². The van der Waals surface area contributed by atoms with Crippen molar-refractivity contribution < 1.29 is 14.4 Å². The molecule has 0 radical (unpaired) electrons. The molecule has 1 N–H and O–H groups in total. The van der Waals surface area contributed by atoms with Crippen LogP contribution in [0.3, 0.4) is 0 Å². The highest BCUT2D eigenvalue weighted by atomic mass is 16.2. The Morgan fingerprint density at radius 1 is 1.15 bits per heavy atom. The van der Waals surface area contributed by atoms with E-state index in [0.29, 0.717) is 24.1 Å². The van der Waals surface area contributed by atoms with Crippen molar-refractivity contribution in [3.05, 3.63) is 47.0 Å². The number of nitrogens with zero attached hydrogens (tertiary/aromatic N) is 1. The average molecular weight is 368 g/mol. The van der Waals surface area contributed by atoms with Crippen LogP contribution < -0.4 is 5.32 Å². The van der Waals surface area contributed by atoms with Gasteiger partial charge < -0.3 is 5.32 Å². The van der Waals surface area contributed by atoms with Crippen LogP contribution in [0.2, 0.25) is 0 Å². The first-order chi connectivity index (χ1) is 13.0. The molecule has 2 atom stereocenters. The summed E-state index contributed by atoms with van der Waals surface area (Å²) in [4.78, 5) is 39.7. The third-order valence-corrected chi connectivity index (χ3v) is 5.69. The van der Waals surface area contributed by atoms with Gasteiger partial charge in [0.1, 0.15) is 6.04 Å². The summed E-state index contributed by atoms with van der Waals surface area (Å²) in [6, 6.07) is 6.00. The van der Waals surface area contributed by atoms with Crippen molar-refractivity contribution in [2.75, 3.05) is 6.54 Å². The number of rotatable bonds is 7. The number of hydrogen-bond acceptors (Lipinski definition) is 3. The van der Waals surface area contributed by atoms with Crippen molar-refractivity contribution in [1.82, 2.24) is 10.2 Å². The van der Waals surface area contributed by atoms with Gasteiger partial charge in [0.25, 0.3) is 11.8 Å². The van der Waals surface area contributed by atoms with E-state index in [1.54, 1.807) is 24.3 Å². The van der Waals surface area contributed by atoms with Crippen LogP contribution in [0.25, 0.3) is 0 Å². The number of hydrogen-bond donors (Lipinski definition) is 1. The quantitative estimate of drug-likeness (QED) is 0.589. The van der Waals surface area contributed by atoms with E-state index in [2.05, 4.69) is 11.4 Å². The van der Waals surface area contributed by atoms with Crippen LogP contribution >= 0.6 is 0 Å². The van der Waals surface area contributed by atoms with Gasteiger partial charge in [-0.2, -0.15) is 0 Å². The van der Waals surface area contributed by atoms with Crippen LogP contribution in [0.15, 0.2) is 35.9 Å². The molecule has 1 aromatic carbocycles. The molecule has 1 aliphatic carbocycles. The van der Waals surface area contributed by atoms with E-state index in [1.165, 1.54) is 18.4 Å². The highest BCUT2D eigenvalue weighted by Gasteiger charge is 2.44. The fourth-order valence-electron chi connectivity index (χ4n) is 3.90. The molecule has 0 saturated carbocycles. The normalized spacial score (nSPS) is 18.7. The summed E-state index contributed by atoms with van der Waals surface area (Å²) in [6.45, 7) is 4.42. The fraction of sp³-hybridized carbons (Fsp3) is 0.500. The van der Waals surface area contributed by atoms with Crippen molar-refractivity contribution in [3.63, 3.8) is 0 Å². The smallest absolute Gasteiger partial charge is 0.262 e. The highest BCUT2D eigenvalue weighted by molar-refractivity contribution is 6.22. The number of imide groups is 1. The second kappa shape index (κ2) is 8.51. The van der Waals surface area contributed by atoms with Crippen molar-refractivity contribution in [2.45, 2.75) is 58.4 Å². The van der Waals surface area contributed by atoms with Crippen LogP contribution in [-0.2, 0) is 4.79 Å². The van der Waals surface area contributed by atoms with Gasteiger partial charge in [-0.3, -0.25) is 19.3 Å². The van der Waals surface area contributed by atoms with Crippen molar-refractivity contribution in [3.8, 4) is 0 Å². The zero-order valence-electron chi connectivity index (χ0n) is 16.2. The maximum absolute atomic E-state index is 12.9. The lowest BCUT2D eigenvalue weighted by atomic mass is 9.95. The van der Waals surface area contributed by atoms with Crippen molar-refractivity contribution in [2.24, 2.45) is 5.92 Å². The molecule has 5 nitrogen and oxygen atoms in total. The Morgan fingerprint density at radius 3 is 2.37 bits per heavy atom. The molecule has 1 aliphatic heterocycles. The zero-order chi connectivity index (χ0) is 19.4. The summed E-state index contributed by atoms with van der Waals surface area (Å²) in [7, 11) is 0. The van der Waals surface area contributed by atoms with Gasteiger partial charge in [-0.15, -0.1) is 0 Å². The molecule has 3 rings (SSSR count). The van der Waals surface area contributed by atoms with Crippen LogP contribution in [0.5, 0.6) is 0 Å². The SMILES string of the molecule is CCC(C)C(C(=O)NCCC1=CCCCC1)N1C(=O)c2ccccc2C1=O. The van der Waals surface area contributed by atoms with Gasteiger partial charge >= 0.3 is 0 Å². The molecular formula is C22H28N2O3. The lowest BCUT2D eigenvalue weighted by Crippen LogP contribution is -2.52. The molecule has 2 unspecified atom stereocenters. The lowest BCUT2D eigenvalue weighted by Gasteiger charge is -2.29. The molecule has 3 amide bonds. The van der Waals surface area contributed by atoms with E-state index in [-0.39, 0.29) is 23.6 Å². The Bertz CT molecular complexity index is 734. The molecule has 27 heavy (non-hydrogen) atoms. The Balaban J connectivity index is 1.72. The monoisotopic (exact) mass is 368 g/mol. The minimum atomic E-state index is -0.775. The van der Waals surface area contributed by atoms with Crippen molar-refractivity contribution >= 4 is 17.7 Å². The predicted octanol–water partition coefficient (Wildman–Crippen LogP) is 3.70. The second-order valence-electron chi connectivity index (χ2n) is 7.51. The number of fused-ring (bicyclic) bond motifs is 1. The number of benzene rings is 1. The molecule has 0 saturated heterocycles. The molecule has 1 heterocycles. The number of nitrogens with one attached hydrogen (secondary N) is 1. The van der Waals surface area contributed by atoms with Gasteiger partial charge in [-0.05, 0) is 50.2 Å². The third kappa shape index (κ3) is 3.97. The number of allylic oxidation sites excluding steroid dienone is 1. The maximum Gasteiger partial charge on any atom is 0.262 e. The number of carbonyl (C=O) groups is 3. The van der Waals surface area contributed by atoms with Gasteiger partial charge in [-0.25, -0.2) is 0 Å². The summed E-state index contributed by atoms with van der Waals surface area (Å²) >= 11 is 0. The first-order valence-corrected chi connectivity index (χ1v) is 9.97. The summed E-state index contributed by atoms with van der Waals surface area (Å²) in [5.41, 5.74) is 2.16. The van der Waals surface area contributed by atoms with E-state index >= 15 is 0 Å². The Morgan fingerprint density at radius 2 is 1.81 bits per heavy atom. The zero-order valence-corrected chi connectivity index (χ0v) is 16.2. The molecule has 0 fully saturated rings. The minimum Gasteiger partial charge on any atom is -0.354 e. The van der Waals surface area contributed by atoms with Crippen LogP contribution in [0.1, 0.15) is 73.1 Å². The van der Waals surface area contributed by atoms with E-state index in [0.717, 1.165) is 24.2 Å². The van der Waals surface area contributed by atoms with Gasteiger partial charge in [-0.1, -0.05) is 44.1 Å². The standard InChI is InChI=1S/C22H28N2O3/c1-3-15(2)19(20(25)23-14-13-16-9-5-4-6-10-16)24-21(26)17-11-7-8-12-18(17)22(24)27/h7-9,11-12,15,19H,3-6,10,13-14H2,1-2H3,(H,23,25). The van der Waals surface area contributed by atoms with E-state index < -0.39 is 6.04 Å². The molecule has 0 aromatic heterocycles. The first-order valence-electron chi connectivity index (χ1n) is 9.97. The molecule has 144 valence electrons. The second-order valence-corrected chi connectivity index (χ2v) is 7.51. The highest BCUT2D eigenvalue weighted by Crippen LogP contribution is 2.28. The topological polar surface area (TPSA) is 66.5 Å². The number of carbonyl (C=O) groups excluding carboxylic acids is 3. The molecule has 5 heteroatoms. The van der Waals surface area contributed by atoms with Crippen LogP contribution in [0, 0.1) is 5.92 Å². The average Bonchev–Trinajstić information content (AvgIpc) is 2.94.